The molecule has 7 nitrogen and oxygen atoms in total. The molecule has 156 valence electrons. The third-order valence-electron chi connectivity index (χ3n) is 4.32. The maximum Gasteiger partial charge on any atom is 0.437 e. The number of thiophene rings is 1. The van der Waals surface area contributed by atoms with Gasteiger partial charge in [-0.2, -0.15) is 4.68 Å². The zero-order chi connectivity index (χ0) is 21.8. The van der Waals surface area contributed by atoms with Crippen LogP contribution >= 0.6 is 11.3 Å². The Morgan fingerprint density at radius 3 is 2.35 bits per heavy atom. The van der Waals surface area contributed by atoms with Crippen molar-refractivity contribution in [2.24, 2.45) is 0 Å². The van der Waals surface area contributed by atoms with Gasteiger partial charge in [-0.25, -0.2) is 9.18 Å². The van der Waals surface area contributed by atoms with Crippen molar-refractivity contribution in [1.29, 1.82) is 0 Å². The van der Waals surface area contributed by atoms with Crippen LogP contribution in [0, 0.1) is 5.82 Å². The Labute approximate surface area is 179 Å². The van der Waals surface area contributed by atoms with Crippen molar-refractivity contribution in [3.63, 3.8) is 0 Å². The van der Waals surface area contributed by atoms with Gasteiger partial charge in [0.05, 0.1) is 17.8 Å². The predicted molar refractivity (Wildman–Crippen MR) is 111 cm³/mol. The number of rotatable bonds is 7. The Kier molecular flexibility index (Phi) is 5.85. The minimum atomic E-state index is -0.653. The monoisotopic (exact) mass is 438 g/mol. The highest BCUT2D eigenvalue weighted by molar-refractivity contribution is 7.13. The number of halogens is 1. The maximum absolute atomic E-state index is 13.0. The van der Waals surface area contributed by atoms with Crippen LogP contribution in [-0.4, -0.2) is 21.5 Å². The van der Waals surface area contributed by atoms with E-state index in [9.17, 15) is 18.8 Å². The first-order chi connectivity index (χ1) is 15.0. The molecule has 0 bridgehead atoms. The van der Waals surface area contributed by atoms with Gasteiger partial charge < -0.3 is 9.15 Å². The van der Waals surface area contributed by atoms with Gasteiger partial charge in [0.1, 0.15) is 11.6 Å². The average Bonchev–Trinajstić information content (AvgIpc) is 3.43. The molecule has 0 saturated heterocycles. The fraction of sp³-hybridized carbons (Fsp3) is 0.0909. The summed E-state index contributed by atoms with van der Waals surface area (Å²) in [7, 11) is 0. The number of aromatic nitrogens is 2. The molecule has 4 rings (SSSR count). The molecule has 0 fully saturated rings. The summed E-state index contributed by atoms with van der Waals surface area (Å²) in [6.45, 7) is 0.00762. The smallest absolute Gasteiger partial charge is 0.426 e. The van der Waals surface area contributed by atoms with Crippen molar-refractivity contribution in [2.75, 3.05) is 0 Å². The number of ether oxygens (including phenoxy) is 1. The highest BCUT2D eigenvalue weighted by Gasteiger charge is 2.14. The fourth-order valence-electron chi connectivity index (χ4n) is 2.77. The fourth-order valence-corrected chi connectivity index (χ4v) is 3.41. The first-order valence-corrected chi connectivity index (χ1v) is 10.1. The van der Waals surface area contributed by atoms with Gasteiger partial charge in [0.25, 0.3) is 5.89 Å². The second kappa shape index (κ2) is 8.88. The summed E-state index contributed by atoms with van der Waals surface area (Å²) in [4.78, 5) is 37.1. The van der Waals surface area contributed by atoms with Crippen LogP contribution in [0.1, 0.15) is 22.3 Å². The van der Waals surface area contributed by atoms with E-state index in [0.717, 1.165) is 4.68 Å². The van der Waals surface area contributed by atoms with Crippen LogP contribution in [-0.2, 0) is 11.3 Å². The van der Waals surface area contributed by atoms with Gasteiger partial charge in [-0.05, 0) is 60.0 Å². The molecule has 0 amide bonds. The predicted octanol–water partition coefficient (Wildman–Crippen LogP) is 3.93. The number of aryl methyl sites for hydroxylation is 1. The standard InChI is InChI=1S/C22H15FN2O5S/c23-16-7-3-14(4-8-16)20(27)15-5-9-17(10-6-15)29-19(26)11-12-25-22(28)30-21(24-25)18-2-1-13-31-18/h1-10,13H,11-12H2. The van der Waals surface area contributed by atoms with Crippen molar-refractivity contribution in [3.8, 4) is 16.5 Å². The van der Waals surface area contributed by atoms with Gasteiger partial charge in [-0.3, -0.25) is 9.59 Å². The summed E-state index contributed by atoms with van der Waals surface area (Å²) in [5, 5.41) is 5.91. The van der Waals surface area contributed by atoms with E-state index in [1.165, 1.54) is 59.9 Å². The lowest BCUT2D eigenvalue weighted by atomic mass is 10.0. The van der Waals surface area contributed by atoms with Crippen molar-refractivity contribution < 1.29 is 23.1 Å². The molecule has 0 saturated carbocycles. The Hall–Kier alpha value is -3.85. The van der Waals surface area contributed by atoms with Gasteiger partial charge in [-0.1, -0.05) is 6.07 Å². The highest BCUT2D eigenvalue weighted by Crippen LogP contribution is 2.21. The number of nitrogens with zero attached hydrogens (tertiary/aromatic N) is 2. The first-order valence-electron chi connectivity index (χ1n) is 9.22. The van der Waals surface area contributed by atoms with Crippen LogP contribution in [0.3, 0.4) is 0 Å². The number of ketones is 1. The van der Waals surface area contributed by atoms with Crippen molar-refractivity contribution in [1.82, 2.24) is 9.78 Å². The van der Waals surface area contributed by atoms with E-state index in [2.05, 4.69) is 5.10 Å². The molecule has 0 aliphatic carbocycles. The van der Waals surface area contributed by atoms with E-state index >= 15 is 0 Å². The number of carbonyl (C=O) groups excluding carboxylic acids is 2. The molecule has 0 radical (unpaired) electrons. The Morgan fingerprint density at radius 2 is 1.71 bits per heavy atom. The molecule has 4 aromatic rings. The van der Waals surface area contributed by atoms with Crippen molar-refractivity contribution >= 4 is 23.1 Å². The number of esters is 1. The molecule has 2 aromatic carbocycles. The largest absolute Gasteiger partial charge is 0.437 e. The SMILES string of the molecule is O=C(CCn1nc(-c2cccs2)oc1=O)Oc1ccc(C(=O)c2ccc(F)cc2)cc1. The molecule has 31 heavy (non-hydrogen) atoms. The number of carbonyl (C=O) groups is 2. The average molecular weight is 438 g/mol. The van der Waals surface area contributed by atoms with Crippen LogP contribution in [0.25, 0.3) is 10.8 Å². The topological polar surface area (TPSA) is 91.4 Å². The van der Waals surface area contributed by atoms with E-state index in [0.29, 0.717) is 16.0 Å². The second-order valence-corrected chi connectivity index (χ2v) is 7.41. The Balaban J connectivity index is 1.34. The lowest BCUT2D eigenvalue weighted by Crippen LogP contribution is -2.19. The van der Waals surface area contributed by atoms with E-state index in [-0.39, 0.29) is 30.4 Å². The third-order valence-corrected chi connectivity index (χ3v) is 5.18. The minimum Gasteiger partial charge on any atom is -0.426 e. The normalized spacial score (nSPS) is 10.7. The van der Waals surface area contributed by atoms with Crippen LogP contribution in [0.4, 0.5) is 4.39 Å². The summed E-state index contributed by atoms with van der Waals surface area (Å²) >= 11 is 1.39. The van der Waals surface area contributed by atoms with Gasteiger partial charge in [-0.15, -0.1) is 16.4 Å². The molecule has 0 aliphatic rings. The van der Waals surface area contributed by atoms with Crippen molar-refractivity contribution in [3.05, 3.63) is 93.5 Å². The van der Waals surface area contributed by atoms with Crippen LogP contribution in [0.15, 0.2) is 75.3 Å². The summed E-state index contributed by atoms with van der Waals surface area (Å²) in [6, 6.07) is 14.8. The molecule has 2 heterocycles. The number of hydrogen-bond donors (Lipinski definition) is 0. The molecule has 9 heteroatoms. The molecule has 0 spiro atoms. The van der Waals surface area contributed by atoms with Gasteiger partial charge in [0, 0.05) is 11.1 Å². The quantitative estimate of drug-likeness (QED) is 0.247. The summed E-state index contributed by atoms with van der Waals surface area (Å²) in [6.07, 6.45) is -0.0907. The molecular formula is C22H15FN2O5S. The lowest BCUT2D eigenvalue weighted by molar-refractivity contribution is -0.134. The first kappa shape index (κ1) is 20.4. The van der Waals surface area contributed by atoms with E-state index < -0.39 is 17.5 Å². The molecule has 0 unspecified atom stereocenters. The van der Waals surface area contributed by atoms with Crippen LogP contribution < -0.4 is 10.5 Å². The molecule has 0 aliphatic heterocycles. The third kappa shape index (κ3) is 4.84. The van der Waals surface area contributed by atoms with Crippen molar-refractivity contribution in [2.45, 2.75) is 13.0 Å². The van der Waals surface area contributed by atoms with Gasteiger partial charge in [0.15, 0.2) is 5.78 Å². The van der Waals surface area contributed by atoms with E-state index in [4.69, 9.17) is 9.15 Å². The summed E-state index contributed by atoms with van der Waals surface area (Å²) < 4.78 is 24.4. The molecule has 0 atom stereocenters. The molecule has 0 N–H and O–H groups in total. The van der Waals surface area contributed by atoms with Crippen LogP contribution in [0.5, 0.6) is 5.75 Å². The molecular weight excluding hydrogens is 423 g/mol. The summed E-state index contributed by atoms with van der Waals surface area (Å²) in [5.74, 6) is -1.45. The van der Waals surface area contributed by atoms with E-state index in [1.54, 1.807) is 6.07 Å². The highest BCUT2D eigenvalue weighted by atomic mass is 32.1. The second-order valence-electron chi connectivity index (χ2n) is 6.46. The Bertz CT molecular complexity index is 1260. The zero-order valence-electron chi connectivity index (χ0n) is 16.0. The minimum absolute atomic E-state index is 0.00762. The zero-order valence-corrected chi connectivity index (χ0v) is 16.8. The Morgan fingerprint density at radius 1 is 1.03 bits per heavy atom. The van der Waals surface area contributed by atoms with Gasteiger partial charge in [0.2, 0.25) is 0 Å². The number of hydrogen-bond acceptors (Lipinski definition) is 7. The molecule has 2 aromatic heterocycles. The van der Waals surface area contributed by atoms with Gasteiger partial charge >= 0.3 is 11.7 Å². The number of benzene rings is 2. The summed E-state index contributed by atoms with van der Waals surface area (Å²) in [5.41, 5.74) is 0.729. The lowest BCUT2D eigenvalue weighted by Gasteiger charge is -2.06. The van der Waals surface area contributed by atoms with Crippen LogP contribution in [0.2, 0.25) is 0 Å². The van der Waals surface area contributed by atoms with E-state index in [1.807, 2.05) is 11.4 Å². The maximum atomic E-state index is 13.0.